The number of imidazole rings is 1. The second-order valence-corrected chi connectivity index (χ2v) is 6.94. The van der Waals surface area contributed by atoms with E-state index in [9.17, 15) is 4.79 Å². The van der Waals surface area contributed by atoms with E-state index in [4.69, 9.17) is 9.84 Å². The average Bonchev–Trinajstić information content (AvgIpc) is 3.11. The highest BCUT2D eigenvalue weighted by molar-refractivity contribution is 7.99. The zero-order valence-electron chi connectivity index (χ0n) is 13.7. The van der Waals surface area contributed by atoms with E-state index in [1.807, 2.05) is 59.4 Å². The Morgan fingerprint density at radius 1 is 1.12 bits per heavy atom. The smallest absolute Gasteiger partial charge is 0.262 e. The monoisotopic (exact) mass is 362 g/mol. The van der Waals surface area contributed by atoms with Gasteiger partial charge >= 0.3 is 0 Å². The minimum Gasteiger partial charge on any atom is -0.482 e. The summed E-state index contributed by atoms with van der Waals surface area (Å²) in [5.74, 6) is 1.27. The van der Waals surface area contributed by atoms with Gasteiger partial charge in [0.25, 0.3) is 5.91 Å². The molecule has 0 unspecified atom stereocenters. The van der Waals surface area contributed by atoms with E-state index >= 15 is 0 Å². The van der Waals surface area contributed by atoms with E-state index in [1.165, 1.54) is 0 Å². The molecule has 2 aromatic carbocycles. The van der Waals surface area contributed by atoms with Crippen LogP contribution >= 0.6 is 11.8 Å². The van der Waals surface area contributed by atoms with Crippen molar-refractivity contribution in [2.45, 2.75) is 5.16 Å². The number of amides is 1. The summed E-state index contributed by atoms with van der Waals surface area (Å²) in [6.07, 6.45) is 1.94. The van der Waals surface area contributed by atoms with Gasteiger partial charge in [0.15, 0.2) is 11.8 Å². The topological polar surface area (TPSA) is 68.5 Å². The molecule has 2 aliphatic rings. The molecule has 0 fully saturated rings. The van der Waals surface area contributed by atoms with Gasteiger partial charge in [0, 0.05) is 16.9 Å². The van der Waals surface area contributed by atoms with E-state index in [0.29, 0.717) is 11.4 Å². The van der Waals surface area contributed by atoms with Gasteiger partial charge in [-0.1, -0.05) is 42.1 Å². The first-order valence-electron chi connectivity index (χ1n) is 8.19. The molecule has 0 radical (unpaired) electrons. The maximum Gasteiger partial charge on any atom is 0.262 e. The number of benzene rings is 2. The van der Waals surface area contributed by atoms with Crippen molar-refractivity contribution < 1.29 is 9.53 Å². The molecule has 0 aliphatic carbocycles. The van der Waals surface area contributed by atoms with Crippen molar-refractivity contribution >= 4 is 29.1 Å². The van der Waals surface area contributed by atoms with Crippen LogP contribution in [0.15, 0.2) is 65.0 Å². The molecular weight excluding hydrogens is 348 g/mol. The third kappa shape index (κ3) is 2.66. The third-order valence-electron chi connectivity index (χ3n) is 4.24. The highest BCUT2D eigenvalue weighted by Crippen LogP contribution is 2.32. The van der Waals surface area contributed by atoms with Gasteiger partial charge in [-0.15, -0.1) is 0 Å². The van der Waals surface area contributed by atoms with Crippen LogP contribution in [0.5, 0.6) is 5.75 Å². The predicted octanol–water partition coefficient (Wildman–Crippen LogP) is 3.24. The van der Waals surface area contributed by atoms with E-state index < -0.39 is 0 Å². The van der Waals surface area contributed by atoms with Crippen LogP contribution in [0.1, 0.15) is 5.56 Å². The normalized spacial score (nSPS) is 15.4. The summed E-state index contributed by atoms with van der Waals surface area (Å²) in [6, 6.07) is 15.8. The first-order chi connectivity index (χ1) is 12.8. The lowest BCUT2D eigenvalue weighted by molar-refractivity contribution is -0.118. The van der Waals surface area contributed by atoms with Crippen LogP contribution in [0.2, 0.25) is 0 Å². The van der Waals surface area contributed by atoms with Gasteiger partial charge in [0.2, 0.25) is 0 Å². The quantitative estimate of drug-likeness (QED) is 0.760. The number of carbonyl (C=O) groups excluding carboxylic acids is 1. The van der Waals surface area contributed by atoms with E-state index in [-0.39, 0.29) is 12.5 Å². The molecule has 0 saturated heterocycles. The van der Waals surface area contributed by atoms with E-state index in [0.717, 1.165) is 33.4 Å². The fourth-order valence-corrected chi connectivity index (χ4v) is 3.85. The minimum absolute atomic E-state index is 0.0593. The molecule has 7 heteroatoms. The number of thioether (sulfide) groups is 1. The number of ether oxygens (including phenoxy) is 1. The lowest BCUT2D eigenvalue weighted by atomic mass is 10.1. The molecule has 2 aliphatic heterocycles. The number of nitrogens with one attached hydrogen (secondary N) is 1. The summed E-state index contributed by atoms with van der Waals surface area (Å²) in [5, 5.41) is 8.44. The van der Waals surface area contributed by atoms with Crippen molar-refractivity contribution in [3.63, 3.8) is 0 Å². The van der Waals surface area contributed by atoms with Crippen molar-refractivity contribution in [2.75, 3.05) is 17.7 Å². The Hall–Kier alpha value is -3.06. The number of carbonyl (C=O) groups is 1. The second kappa shape index (κ2) is 6.03. The molecule has 0 bridgehead atoms. The molecule has 3 heterocycles. The summed E-state index contributed by atoms with van der Waals surface area (Å²) < 4.78 is 7.23. The molecule has 5 rings (SSSR count). The largest absolute Gasteiger partial charge is 0.482 e. The fraction of sp³-hybridized carbons (Fsp3) is 0.105. The zero-order valence-corrected chi connectivity index (χ0v) is 14.5. The minimum atomic E-state index is -0.140. The average molecular weight is 362 g/mol. The van der Waals surface area contributed by atoms with E-state index in [1.54, 1.807) is 11.8 Å². The van der Waals surface area contributed by atoms with Gasteiger partial charge in [-0.05, 0) is 18.2 Å². The first-order valence-corrected chi connectivity index (χ1v) is 9.17. The van der Waals surface area contributed by atoms with Crippen molar-refractivity contribution in [3.05, 3.63) is 60.3 Å². The predicted molar refractivity (Wildman–Crippen MR) is 101 cm³/mol. The van der Waals surface area contributed by atoms with Gasteiger partial charge in [0.1, 0.15) is 5.75 Å². The van der Waals surface area contributed by atoms with E-state index in [2.05, 4.69) is 10.3 Å². The summed E-state index contributed by atoms with van der Waals surface area (Å²) in [5.41, 5.74) is 4.56. The highest BCUT2D eigenvalue weighted by Gasteiger charge is 2.21. The Bertz CT molecular complexity index is 1040. The summed E-state index contributed by atoms with van der Waals surface area (Å²) >= 11 is 1.65. The number of hydrogen-bond donors (Lipinski definition) is 1. The van der Waals surface area contributed by atoms with Crippen LogP contribution in [0.4, 0.5) is 5.69 Å². The van der Waals surface area contributed by atoms with Gasteiger partial charge in [-0.2, -0.15) is 5.10 Å². The van der Waals surface area contributed by atoms with Crippen LogP contribution < -0.4 is 10.1 Å². The van der Waals surface area contributed by atoms with Gasteiger partial charge in [0.05, 0.1) is 23.3 Å². The van der Waals surface area contributed by atoms with Gasteiger partial charge in [-0.3, -0.25) is 4.79 Å². The van der Waals surface area contributed by atoms with Crippen LogP contribution in [-0.4, -0.2) is 33.6 Å². The number of nitrogens with zero attached hydrogens (tertiary/aromatic N) is 3. The summed E-state index contributed by atoms with van der Waals surface area (Å²) in [4.78, 5) is 16.2. The lowest BCUT2D eigenvalue weighted by Crippen LogP contribution is -2.25. The molecule has 1 N–H and O–H groups in total. The van der Waals surface area contributed by atoms with Crippen LogP contribution in [0, 0.1) is 0 Å². The first kappa shape index (κ1) is 15.2. The van der Waals surface area contributed by atoms with Crippen molar-refractivity contribution in [3.8, 4) is 17.0 Å². The van der Waals surface area contributed by atoms with Crippen LogP contribution in [0.3, 0.4) is 0 Å². The molecule has 0 spiro atoms. The Morgan fingerprint density at radius 3 is 2.88 bits per heavy atom. The maximum absolute atomic E-state index is 11.5. The van der Waals surface area contributed by atoms with Crippen LogP contribution in [-0.2, 0) is 4.79 Å². The molecule has 1 amide bonds. The lowest BCUT2D eigenvalue weighted by Gasteiger charge is -2.19. The van der Waals surface area contributed by atoms with Gasteiger partial charge < -0.3 is 10.1 Å². The Labute approximate surface area is 153 Å². The molecular formula is C19H14N4O2S. The molecule has 1 aromatic heterocycles. The number of aromatic nitrogens is 2. The molecule has 26 heavy (non-hydrogen) atoms. The van der Waals surface area contributed by atoms with Crippen molar-refractivity contribution in [1.29, 1.82) is 0 Å². The molecule has 128 valence electrons. The molecule has 6 nitrogen and oxygen atoms in total. The number of fused-ring (bicyclic) bond motifs is 2. The number of anilines is 1. The summed E-state index contributed by atoms with van der Waals surface area (Å²) in [7, 11) is 0. The van der Waals surface area contributed by atoms with Crippen LogP contribution in [0.25, 0.3) is 11.3 Å². The second-order valence-electron chi connectivity index (χ2n) is 6.00. The van der Waals surface area contributed by atoms with Gasteiger partial charge in [-0.25, -0.2) is 9.66 Å². The Morgan fingerprint density at radius 2 is 2.00 bits per heavy atom. The summed E-state index contributed by atoms with van der Waals surface area (Å²) in [6.45, 7) is 0.0593. The molecule has 3 aromatic rings. The number of rotatable bonds is 2. The zero-order chi connectivity index (χ0) is 17.5. The Kier molecular flexibility index (Phi) is 3.53. The maximum atomic E-state index is 11.5. The fourth-order valence-electron chi connectivity index (χ4n) is 2.97. The molecule has 0 saturated carbocycles. The number of hydrogen-bond acceptors (Lipinski definition) is 5. The van der Waals surface area contributed by atoms with Crippen molar-refractivity contribution in [1.82, 2.24) is 9.66 Å². The Balaban J connectivity index is 1.50. The SMILES string of the molecule is O=C1COc2ccc(C3=Nn4cc(-c5ccccc5)nc4SC3)cc2N1. The standard InChI is InChI=1S/C19H14N4O2S/c24-18-10-25-17-7-6-13(8-14(17)20-18)16-11-26-19-21-15(9-23(19)22-16)12-4-2-1-3-5-12/h1-9H,10-11H2,(H,20,24). The van der Waals surface area contributed by atoms with Crippen molar-refractivity contribution in [2.24, 2.45) is 5.10 Å². The molecule has 0 atom stereocenters. The highest BCUT2D eigenvalue weighted by atomic mass is 32.2. The third-order valence-corrected chi connectivity index (χ3v) is 5.19.